The van der Waals surface area contributed by atoms with Crippen LogP contribution in [0.2, 0.25) is 0 Å². The van der Waals surface area contributed by atoms with Gasteiger partial charge in [-0.05, 0) is 26.5 Å². The summed E-state index contributed by atoms with van der Waals surface area (Å²) in [5.74, 6) is 0.666. The minimum atomic E-state index is -0.0870. The van der Waals surface area contributed by atoms with Crippen LogP contribution in [0.1, 0.15) is 20.3 Å². The van der Waals surface area contributed by atoms with Gasteiger partial charge in [-0.15, -0.1) is 0 Å². The summed E-state index contributed by atoms with van der Waals surface area (Å²) < 4.78 is 0. The Labute approximate surface area is 87.0 Å². The van der Waals surface area contributed by atoms with Crippen LogP contribution in [0.3, 0.4) is 0 Å². The second kappa shape index (κ2) is 5.86. The van der Waals surface area contributed by atoms with E-state index in [-0.39, 0.29) is 11.4 Å². The van der Waals surface area contributed by atoms with Gasteiger partial charge in [0.25, 0.3) is 0 Å². The van der Waals surface area contributed by atoms with E-state index in [1.165, 1.54) is 0 Å². The number of amides is 1. The van der Waals surface area contributed by atoms with Crippen molar-refractivity contribution in [2.75, 3.05) is 17.3 Å². The van der Waals surface area contributed by atoms with E-state index in [0.29, 0.717) is 5.75 Å². The zero-order valence-corrected chi connectivity index (χ0v) is 10.2. The summed E-state index contributed by atoms with van der Waals surface area (Å²) >= 11 is 4.90. The average Bonchev–Trinajstić information content (AvgIpc) is 1.85. The molecule has 0 bridgehead atoms. The van der Waals surface area contributed by atoms with Crippen molar-refractivity contribution < 1.29 is 4.79 Å². The first-order valence-corrected chi connectivity index (χ1v) is 6.39. The molecule has 0 saturated carbocycles. The first kappa shape index (κ1) is 12.3. The van der Waals surface area contributed by atoms with Crippen molar-refractivity contribution in [3.63, 3.8) is 0 Å². The molecule has 0 atom stereocenters. The third kappa shape index (κ3) is 5.89. The van der Waals surface area contributed by atoms with E-state index >= 15 is 0 Å². The van der Waals surface area contributed by atoms with Gasteiger partial charge in [0.05, 0.1) is 5.75 Å². The second-order valence-electron chi connectivity index (χ2n) is 3.30. The lowest BCUT2D eigenvalue weighted by Gasteiger charge is -2.25. The van der Waals surface area contributed by atoms with E-state index in [2.05, 4.69) is 21.2 Å². The van der Waals surface area contributed by atoms with Gasteiger partial charge >= 0.3 is 0 Å². The zero-order chi connectivity index (χ0) is 9.61. The van der Waals surface area contributed by atoms with Crippen LogP contribution >= 0.6 is 27.7 Å². The second-order valence-corrected chi connectivity index (χ2v) is 4.96. The molecule has 1 N–H and O–H groups in total. The molecule has 0 heterocycles. The van der Waals surface area contributed by atoms with E-state index in [0.717, 1.165) is 11.8 Å². The molecule has 0 aliphatic rings. The number of carbonyl (C=O) groups is 1. The summed E-state index contributed by atoms with van der Waals surface area (Å²) in [5.41, 5.74) is -0.0870. The SMILES string of the molecule is CSCC(=O)NC(C)(C)CCBr. The third-order valence-electron chi connectivity index (χ3n) is 1.47. The van der Waals surface area contributed by atoms with Gasteiger partial charge < -0.3 is 5.32 Å². The molecule has 0 fully saturated rings. The predicted molar refractivity (Wildman–Crippen MR) is 59.0 cm³/mol. The van der Waals surface area contributed by atoms with Crippen molar-refractivity contribution in [2.45, 2.75) is 25.8 Å². The van der Waals surface area contributed by atoms with Gasteiger partial charge in [0.2, 0.25) is 5.91 Å². The topological polar surface area (TPSA) is 29.1 Å². The van der Waals surface area contributed by atoms with Gasteiger partial charge in [0.1, 0.15) is 0 Å². The summed E-state index contributed by atoms with van der Waals surface area (Å²) in [6.45, 7) is 4.07. The van der Waals surface area contributed by atoms with Crippen LogP contribution in [0.5, 0.6) is 0 Å². The Kier molecular flexibility index (Phi) is 6.01. The quantitative estimate of drug-likeness (QED) is 0.760. The Bertz CT molecular complexity index is 150. The predicted octanol–water partition coefficient (Wildman–Crippen LogP) is 2.03. The largest absolute Gasteiger partial charge is 0.350 e. The molecule has 1 amide bonds. The van der Waals surface area contributed by atoms with Gasteiger partial charge in [-0.2, -0.15) is 11.8 Å². The Hall–Kier alpha value is 0.300. The van der Waals surface area contributed by atoms with Gasteiger partial charge in [0.15, 0.2) is 0 Å². The summed E-state index contributed by atoms with van der Waals surface area (Å²) in [5, 5.41) is 3.88. The Morgan fingerprint density at radius 2 is 2.17 bits per heavy atom. The highest BCUT2D eigenvalue weighted by molar-refractivity contribution is 9.09. The summed E-state index contributed by atoms with van der Waals surface area (Å²) in [4.78, 5) is 11.2. The summed E-state index contributed by atoms with van der Waals surface area (Å²) in [6, 6.07) is 0. The fourth-order valence-corrected chi connectivity index (χ4v) is 2.17. The summed E-state index contributed by atoms with van der Waals surface area (Å²) in [6.07, 6.45) is 2.88. The molecule has 0 aliphatic heterocycles. The third-order valence-corrected chi connectivity index (χ3v) is 2.42. The first-order chi connectivity index (χ1) is 5.52. The van der Waals surface area contributed by atoms with Gasteiger partial charge in [-0.25, -0.2) is 0 Å². The molecule has 4 heteroatoms. The van der Waals surface area contributed by atoms with Gasteiger partial charge in [0, 0.05) is 10.9 Å². The number of carbonyl (C=O) groups excluding carboxylic acids is 1. The molecule has 2 nitrogen and oxygen atoms in total. The maximum atomic E-state index is 11.2. The highest BCUT2D eigenvalue weighted by Gasteiger charge is 2.18. The number of rotatable bonds is 5. The Balaban J connectivity index is 3.79. The molecule has 0 aromatic carbocycles. The highest BCUT2D eigenvalue weighted by atomic mass is 79.9. The Morgan fingerprint density at radius 1 is 1.58 bits per heavy atom. The van der Waals surface area contributed by atoms with E-state index < -0.39 is 0 Å². The molecular weight excluding hydrogens is 238 g/mol. The van der Waals surface area contributed by atoms with E-state index in [9.17, 15) is 4.79 Å². The lowest BCUT2D eigenvalue weighted by atomic mass is 10.0. The molecule has 72 valence electrons. The molecule has 0 aliphatic carbocycles. The molecule has 0 spiro atoms. The number of hydrogen-bond acceptors (Lipinski definition) is 2. The smallest absolute Gasteiger partial charge is 0.230 e. The van der Waals surface area contributed by atoms with Crippen molar-refractivity contribution in [2.24, 2.45) is 0 Å². The van der Waals surface area contributed by atoms with Crippen molar-refractivity contribution in [1.82, 2.24) is 5.32 Å². The fraction of sp³-hybridized carbons (Fsp3) is 0.875. The molecule has 0 unspecified atom stereocenters. The van der Waals surface area contributed by atoms with Crippen molar-refractivity contribution in [3.05, 3.63) is 0 Å². The molecule has 0 rings (SSSR count). The van der Waals surface area contributed by atoms with Crippen molar-refractivity contribution in [1.29, 1.82) is 0 Å². The van der Waals surface area contributed by atoms with Crippen LogP contribution in [0.25, 0.3) is 0 Å². The molecule has 0 radical (unpaired) electrons. The minimum Gasteiger partial charge on any atom is -0.350 e. The van der Waals surface area contributed by atoms with Gasteiger partial charge in [-0.1, -0.05) is 15.9 Å². The summed E-state index contributed by atoms with van der Waals surface area (Å²) in [7, 11) is 0. The fourth-order valence-electron chi connectivity index (χ4n) is 0.843. The maximum Gasteiger partial charge on any atom is 0.230 e. The number of halogens is 1. The molecule has 0 aromatic rings. The average molecular weight is 254 g/mol. The molecule has 0 aromatic heterocycles. The van der Waals surface area contributed by atoms with E-state index in [1.807, 2.05) is 20.1 Å². The lowest BCUT2D eigenvalue weighted by molar-refractivity contribution is -0.120. The van der Waals surface area contributed by atoms with Crippen LogP contribution in [0.15, 0.2) is 0 Å². The van der Waals surface area contributed by atoms with E-state index in [1.54, 1.807) is 11.8 Å². The standard InChI is InChI=1S/C8H16BrNOS/c1-8(2,4-5-9)10-7(11)6-12-3/h4-6H2,1-3H3,(H,10,11). The zero-order valence-electron chi connectivity index (χ0n) is 7.82. The van der Waals surface area contributed by atoms with Crippen LogP contribution < -0.4 is 5.32 Å². The van der Waals surface area contributed by atoms with Crippen molar-refractivity contribution >= 4 is 33.6 Å². The number of alkyl halides is 1. The monoisotopic (exact) mass is 253 g/mol. The van der Waals surface area contributed by atoms with Crippen molar-refractivity contribution in [3.8, 4) is 0 Å². The lowest BCUT2D eigenvalue weighted by Crippen LogP contribution is -2.44. The van der Waals surface area contributed by atoms with Gasteiger partial charge in [-0.3, -0.25) is 4.79 Å². The molecular formula is C8H16BrNOS. The minimum absolute atomic E-state index is 0.0870. The van der Waals surface area contributed by atoms with Crippen LogP contribution in [-0.2, 0) is 4.79 Å². The van der Waals surface area contributed by atoms with Crippen LogP contribution in [0.4, 0.5) is 0 Å². The highest BCUT2D eigenvalue weighted by Crippen LogP contribution is 2.10. The number of thioether (sulfide) groups is 1. The number of hydrogen-bond donors (Lipinski definition) is 1. The maximum absolute atomic E-state index is 11.2. The van der Waals surface area contributed by atoms with E-state index in [4.69, 9.17) is 0 Å². The first-order valence-electron chi connectivity index (χ1n) is 3.88. The molecule has 0 saturated heterocycles. The van der Waals surface area contributed by atoms with Crippen LogP contribution in [0, 0.1) is 0 Å². The normalized spacial score (nSPS) is 11.3. The Morgan fingerprint density at radius 3 is 2.58 bits per heavy atom. The number of nitrogens with one attached hydrogen (secondary N) is 1. The van der Waals surface area contributed by atoms with Crippen LogP contribution in [-0.4, -0.2) is 28.8 Å². The molecule has 12 heavy (non-hydrogen) atoms.